The number of carbonyl (C=O) groups is 2. The summed E-state index contributed by atoms with van der Waals surface area (Å²) in [5.74, 6) is 0.343. The van der Waals surface area contributed by atoms with Crippen molar-refractivity contribution in [1.29, 1.82) is 0 Å². The number of sulfonamides is 1. The molecule has 236 valence electrons. The number of ether oxygens (including phenoxy) is 2. The maximum atomic E-state index is 13.4. The monoisotopic (exact) mass is 640 g/mol. The fourth-order valence-electron chi connectivity index (χ4n) is 7.67. The van der Waals surface area contributed by atoms with Gasteiger partial charge >= 0.3 is 0 Å². The minimum atomic E-state index is -4.00. The highest BCUT2D eigenvalue weighted by molar-refractivity contribution is 7.90. The Bertz CT molecular complexity index is 1560. The van der Waals surface area contributed by atoms with Crippen molar-refractivity contribution < 1.29 is 27.5 Å². The van der Waals surface area contributed by atoms with Crippen molar-refractivity contribution in [3.63, 3.8) is 0 Å². The number of halogens is 1. The van der Waals surface area contributed by atoms with E-state index in [4.69, 9.17) is 21.1 Å². The number of nitrogens with one attached hydrogen (secondary N) is 1. The summed E-state index contributed by atoms with van der Waals surface area (Å²) in [5, 5.41) is -0.151. The van der Waals surface area contributed by atoms with Crippen molar-refractivity contribution in [2.45, 2.75) is 68.6 Å². The van der Waals surface area contributed by atoms with Gasteiger partial charge in [-0.25, -0.2) is 13.1 Å². The standard InChI is InChI=1S/C34H41ClN2O6S/c1-22-16-23(13-15-38)5-11-31(42-2)28-9-6-26(28)19-37-20-34(14-3-4-24-17-27(35)8-10-29(24)34)21-43-32-12-7-25(18-30(32)37)33(39)36-44(22,40)41/h5,7-8,10-12,15,17-18,22-23,26,28,31H,3-4,6,9,13-14,16,19-21H2,1-2H3,(H,36,39)/b11-5+/t22-,23-,26+,28-,31+,34+/m1/s1. The van der Waals surface area contributed by atoms with E-state index in [2.05, 4.69) is 21.8 Å². The number of fused-ring (bicyclic) bond motifs is 4. The maximum Gasteiger partial charge on any atom is 0.264 e. The lowest BCUT2D eigenvalue weighted by molar-refractivity contribution is -0.108. The Balaban J connectivity index is 1.43. The van der Waals surface area contributed by atoms with Gasteiger partial charge in [0.1, 0.15) is 12.0 Å². The summed E-state index contributed by atoms with van der Waals surface area (Å²) in [4.78, 5) is 27.2. The number of hydrogen-bond donors (Lipinski definition) is 1. The van der Waals surface area contributed by atoms with Crippen molar-refractivity contribution in [3.8, 4) is 5.75 Å². The maximum absolute atomic E-state index is 13.4. The molecule has 0 unspecified atom stereocenters. The normalized spacial score (nSPS) is 32.2. The van der Waals surface area contributed by atoms with E-state index in [0.717, 1.165) is 55.6 Å². The third-order valence-electron chi connectivity index (χ3n) is 10.3. The third-order valence-corrected chi connectivity index (χ3v) is 12.3. The van der Waals surface area contributed by atoms with E-state index < -0.39 is 21.2 Å². The van der Waals surface area contributed by atoms with Crippen LogP contribution in [0.5, 0.6) is 5.75 Å². The van der Waals surface area contributed by atoms with Crippen LogP contribution in [0.3, 0.4) is 0 Å². The van der Waals surface area contributed by atoms with Gasteiger partial charge in [0.25, 0.3) is 5.91 Å². The molecule has 2 aromatic carbocycles. The van der Waals surface area contributed by atoms with Gasteiger partial charge in [0, 0.05) is 42.6 Å². The first-order valence-electron chi connectivity index (χ1n) is 15.6. The van der Waals surface area contributed by atoms with E-state index in [1.165, 1.54) is 11.1 Å². The van der Waals surface area contributed by atoms with Gasteiger partial charge in [0.2, 0.25) is 10.0 Å². The number of anilines is 1. The highest BCUT2D eigenvalue weighted by Crippen LogP contribution is 2.47. The lowest BCUT2D eigenvalue weighted by Crippen LogP contribution is -2.49. The zero-order chi connectivity index (χ0) is 31.1. The van der Waals surface area contributed by atoms with Gasteiger partial charge in [-0.2, -0.15) is 0 Å². The van der Waals surface area contributed by atoms with Gasteiger partial charge in [0.15, 0.2) is 0 Å². The minimum absolute atomic E-state index is 0.150. The van der Waals surface area contributed by atoms with E-state index in [1.54, 1.807) is 32.2 Å². The molecule has 8 nitrogen and oxygen atoms in total. The molecule has 2 aliphatic heterocycles. The molecule has 0 radical (unpaired) electrons. The molecular weight excluding hydrogens is 600 g/mol. The zero-order valence-corrected chi connectivity index (χ0v) is 26.9. The number of aldehydes is 1. The molecule has 2 aromatic rings. The summed E-state index contributed by atoms with van der Waals surface area (Å²) in [6.07, 6.45) is 10.0. The number of carbonyl (C=O) groups excluding carboxylic acids is 2. The second kappa shape index (κ2) is 12.5. The average Bonchev–Trinajstić information content (AvgIpc) is 3.13. The van der Waals surface area contributed by atoms with Crippen LogP contribution in [0.25, 0.3) is 0 Å². The highest BCUT2D eigenvalue weighted by atomic mass is 35.5. The van der Waals surface area contributed by atoms with Gasteiger partial charge in [-0.1, -0.05) is 29.8 Å². The van der Waals surface area contributed by atoms with Crippen LogP contribution < -0.4 is 14.4 Å². The molecule has 1 saturated carbocycles. The van der Waals surface area contributed by atoms with Crippen LogP contribution in [0.4, 0.5) is 5.69 Å². The lowest BCUT2D eigenvalue weighted by atomic mass is 9.68. The van der Waals surface area contributed by atoms with Gasteiger partial charge in [-0.3, -0.25) is 4.79 Å². The van der Waals surface area contributed by atoms with E-state index in [0.29, 0.717) is 24.8 Å². The Labute approximate surface area is 265 Å². The largest absolute Gasteiger partial charge is 0.490 e. The first-order valence-corrected chi connectivity index (χ1v) is 17.6. The molecule has 44 heavy (non-hydrogen) atoms. The van der Waals surface area contributed by atoms with Gasteiger partial charge in [-0.15, -0.1) is 0 Å². The SMILES string of the molecule is CO[C@H]1/C=C/[C@H](CC=O)C[C@@H](C)S(=O)(=O)NC(=O)c2ccc3c(c2)N(C[C@@H]2CC[C@H]21)C[C@@]1(CCCc2cc(Cl)ccc21)CO3. The average molecular weight is 641 g/mol. The summed E-state index contributed by atoms with van der Waals surface area (Å²) in [6.45, 7) is 3.52. The molecule has 1 amide bonds. The molecule has 0 aromatic heterocycles. The molecule has 10 heteroatoms. The number of rotatable bonds is 3. The van der Waals surface area contributed by atoms with Crippen LogP contribution in [-0.2, 0) is 31.4 Å². The molecule has 4 aliphatic rings. The number of allylic oxidation sites excluding steroid dienone is 1. The second-order valence-electron chi connectivity index (χ2n) is 13.1. The van der Waals surface area contributed by atoms with E-state index >= 15 is 0 Å². The van der Waals surface area contributed by atoms with Crippen LogP contribution in [0.1, 0.15) is 66.9 Å². The molecule has 2 heterocycles. The van der Waals surface area contributed by atoms with Crippen molar-refractivity contribution in [1.82, 2.24) is 4.72 Å². The van der Waals surface area contributed by atoms with Crippen molar-refractivity contribution >= 4 is 39.5 Å². The summed E-state index contributed by atoms with van der Waals surface area (Å²) in [7, 11) is -2.29. The predicted molar refractivity (Wildman–Crippen MR) is 171 cm³/mol. The molecule has 1 fully saturated rings. The lowest BCUT2D eigenvalue weighted by Gasteiger charge is -2.46. The second-order valence-corrected chi connectivity index (χ2v) is 15.6. The van der Waals surface area contributed by atoms with Crippen LogP contribution in [0.15, 0.2) is 48.6 Å². The van der Waals surface area contributed by atoms with Gasteiger partial charge < -0.3 is 19.2 Å². The first kappa shape index (κ1) is 31.1. The number of hydrogen-bond acceptors (Lipinski definition) is 7. The number of methoxy groups -OCH3 is 1. The summed E-state index contributed by atoms with van der Waals surface area (Å²) < 4.78 is 41.3. The molecule has 2 aliphatic carbocycles. The Morgan fingerprint density at radius 2 is 2.02 bits per heavy atom. The molecule has 1 spiro atoms. The van der Waals surface area contributed by atoms with Gasteiger partial charge in [-0.05, 0) is 105 Å². The number of aryl methyl sites for hydroxylation is 1. The summed E-state index contributed by atoms with van der Waals surface area (Å²) >= 11 is 6.40. The van der Waals surface area contributed by atoms with Gasteiger partial charge in [0.05, 0.1) is 23.6 Å². The molecular formula is C34H41ClN2O6S. The van der Waals surface area contributed by atoms with Crippen LogP contribution >= 0.6 is 11.6 Å². The number of benzene rings is 2. The molecule has 6 rings (SSSR count). The molecule has 2 bridgehead atoms. The van der Waals surface area contributed by atoms with Crippen molar-refractivity contribution in [3.05, 3.63) is 70.3 Å². The molecule has 1 N–H and O–H groups in total. The number of nitrogens with zero attached hydrogens (tertiary/aromatic N) is 1. The summed E-state index contributed by atoms with van der Waals surface area (Å²) in [5.41, 5.74) is 3.31. The summed E-state index contributed by atoms with van der Waals surface area (Å²) in [6, 6.07) is 11.4. The Kier molecular flexibility index (Phi) is 8.83. The fraction of sp³-hybridized carbons (Fsp3) is 0.529. The van der Waals surface area contributed by atoms with Crippen LogP contribution in [-0.4, -0.2) is 58.8 Å². The quantitative estimate of drug-likeness (QED) is 0.351. The smallest absolute Gasteiger partial charge is 0.264 e. The Morgan fingerprint density at radius 3 is 2.77 bits per heavy atom. The van der Waals surface area contributed by atoms with E-state index in [9.17, 15) is 18.0 Å². The fourth-order valence-corrected chi connectivity index (χ4v) is 8.95. The third kappa shape index (κ3) is 6.03. The van der Waals surface area contributed by atoms with Crippen LogP contribution in [0, 0.1) is 17.8 Å². The zero-order valence-electron chi connectivity index (χ0n) is 25.3. The molecule has 0 saturated heterocycles. The minimum Gasteiger partial charge on any atom is -0.490 e. The van der Waals surface area contributed by atoms with E-state index in [-0.39, 0.29) is 41.8 Å². The van der Waals surface area contributed by atoms with Crippen molar-refractivity contribution in [2.75, 3.05) is 31.7 Å². The Morgan fingerprint density at radius 1 is 1.18 bits per heavy atom. The van der Waals surface area contributed by atoms with Crippen LogP contribution in [0.2, 0.25) is 5.02 Å². The van der Waals surface area contributed by atoms with E-state index in [1.807, 2.05) is 18.2 Å². The highest BCUT2D eigenvalue weighted by Gasteiger charge is 2.44. The predicted octanol–water partition coefficient (Wildman–Crippen LogP) is 5.47. The number of amides is 1. The first-order chi connectivity index (χ1) is 21.1. The molecule has 6 atom stereocenters. The Hall–Kier alpha value is -2.88. The van der Waals surface area contributed by atoms with Crippen molar-refractivity contribution in [2.24, 2.45) is 17.8 Å². The topological polar surface area (TPSA) is 102 Å².